The molecule has 0 spiro atoms. The van der Waals surface area contributed by atoms with Crippen molar-refractivity contribution in [1.82, 2.24) is 10.2 Å². The molecular weight excluding hydrogens is 594 g/mol. The molecule has 3 aromatic carbocycles. The smallest absolute Gasteiger partial charge is 0.264 e. The number of benzene rings is 3. The third-order valence-corrected chi connectivity index (χ3v) is 8.59. The van der Waals surface area contributed by atoms with Crippen LogP contribution < -0.4 is 14.4 Å². The van der Waals surface area contributed by atoms with E-state index in [1.54, 1.807) is 55.5 Å². The van der Waals surface area contributed by atoms with Crippen LogP contribution in [0.5, 0.6) is 5.75 Å². The molecule has 0 aliphatic heterocycles. The van der Waals surface area contributed by atoms with E-state index in [2.05, 4.69) is 21.2 Å². The summed E-state index contributed by atoms with van der Waals surface area (Å²) in [4.78, 5) is 27.6. The topological polar surface area (TPSA) is 96.0 Å². The number of amides is 2. The van der Waals surface area contributed by atoms with Gasteiger partial charge in [0.05, 0.1) is 22.2 Å². The molecule has 0 aliphatic carbocycles. The number of likely N-dealkylation sites (N-methyl/N-ethyl adjacent to an activating group) is 1. The number of halogens is 2. The summed E-state index contributed by atoms with van der Waals surface area (Å²) in [6.45, 7) is 3.00. The number of hydrogen-bond donors (Lipinski definition) is 1. The second-order valence-corrected chi connectivity index (χ2v) is 11.7. The lowest BCUT2D eigenvalue weighted by molar-refractivity contribution is -0.139. The van der Waals surface area contributed by atoms with Gasteiger partial charge >= 0.3 is 0 Å². The molecule has 0 unspecified atom stereocenters. The first-order chi connectivity index (χ1) is 18.0. The predicted octanol–water partition coefficient (Wildman–Crippen LogP) is 4.78. The summed E-state index contributed by atoms with van der Waals surface area (Å²) in [6, 6.07) is 17.3. The highest BCUT2D eigenvalue weighted by Gasteiger charge is 2.32. The van der Waals surface area contributed by atoms with Gasteiger partial charge in [-0.25, -0.2) is 8.42 Å². The summed E-state index contributed by atoms with van der Waals surface area (Å²) in [6.07, 6.45) is 0. The molecule has 11 heteroatoms. The SMILES string of the molecule is CNC(=O)[C@H](C)N(Cc1cccc(Cl)c1)C(=O)CN(c1ccc(C)cc1)S(=O)(=O)c1ccc(OC)c(Br)c1. The zero-order valence-electron chi connectivity index (χ0n) is 21.4. The maximum absolute atomic E-state index is 13.9. The van der Waals surface area contributed by atoms with Crippen LogP contribution in [0, 0.1) is 6.92 Å². The van der Waals surface area contributed by atoms with Crippen molar-refractivity contribution in [3.8, 4) is 5.75 Å². The first-order valence-electron chi connectivity index (χ1n) is 11.7. The number of methoxy groups -OCH3 is 1. The lowest BCUT2D eigenvalue weighted by Crippen LogP contribution is -2.50. The third-order valence-electron chi connectivity index (χ3n) is 5.97. The van der Waals surface area contributed by atoms with Crippen LogP contribution in [0.2, 0.25) is 5.02 Å². The normalized spacial score (nSPS) is 11.9. The fourth-order valence-electron chi connectivity index (χ4n) is 3.80. The van der Waals surface area contributed by atoms with Gasteiger partial charge in [0.15, 0.2) is 0 Å². The summed E-state index contributed by atoms with van der Waals surface area (Å²) in [5.41, 5.74) is 1.94. The maximum Gasteiger partial charge on any atom is 0.264 e. The van der Waals surface area contributed by atoms with Gasteiger partial charge in [-0.1, -0.05) is 41.4 Å². The summed E-state index contributed by atoms with van der Waals surface area (Å²) in [5, 5.41) is 3.04. The Morgan fingerprint density at radius 3 is 2.34 bits per heavy atom. The van der Waals surface area contributed by atoms with Crippen molar-refractivity contribution in [2.45, 2.75) is 31.3 Å². The molecule has 1 N–H and O–H groups in total. The fourth-order valence-corrected chi connectivity index (χ4v) is 6.14. The quantitative estimate of drug-likeness (QED) is 0.351. The molecule has 8 nitrogen and oxygen atoms in total. The highest BCUT2D eigenvalue weighted by atomic mass is 79.9. The molecule has 0 heterocycles. The summed E-state index contributed by atoms with van der Waals surface area (Å²) >= 11 is 9.47. The minimum Gasteiger partial charge on any atom is -0.496 e. The van der Waals surface area contributed by atoms with Crippen LogP contribution in [0.3, 0.4) is 0 Å². The third kappa shape index (κ3) is 6.86. The first kappa shape index (κ1) is 29.5. The monoisotopic (exact) mass is 621 g/mol. The van der Waals surface area contributed by atoms with E-state index in [-0.39, 0.29) is 17.3 Å². The number of ether oxygens (including phenoxy) is 1. The fraction of sp³-hybridized carbons (Fsp3) is 0.259. The van der Waals surface area contributed by atoms with Crippen LogP contribution in [0.4, 0.5) is 5.69 Å². The van der Waals surface area contributed by atoms with Crippen molar-refractivity contribution in [3.05, 3.63) is 87.4 Å². The largest absolute Gasteiger partial charge is 0.496 e. The number of sulfonamides is 1. The van der Waals surface area contributed by atoms with E-state index in [0.29, 0.717) is 26.5 Å². The van der Waals surface area contributed by atoms with E-state index in [9.17, 15) is 18.0 Å². The van der Waals surface area contributed by atoms with Crippen molar-refractivity contribution >= 4 is 55.1 Å². The molecule has 3 aromatic rings. The average molecular weight is 623 g/mol. The Bertz CT molecular complexity index is 1420. The Balaban J connectivity index is 2.05. The van der Waals surface area contributed by atoms with Gasteiger partial charge in [0, 0.05) is 18.6 Å². The Hall–Kier alpha value is -3.08. The standard InChI is InChI=1S/C27H29BrClN3O5S/c1-18-8-10-22(11-9-18)32(38(35,36)23-12-13-25(37-4)24(28)15-23)17-26(33)31(19(2)27(34)30-3)16-20-6-5-7-21(29)14-20/h5-15,19H,16-17H2,1-4H3,(H,30,34)/t19-/m0/s1. The van der Waals surface area contributed by atoms with Gasteiger partial charge < -0.3 is 15.0 Å². The molecule has 0 aromatic heterocycles. The molecular formula is C27H29BrClN3O5S. The van der Waals surface area contributed by atoms with Gasteiger partial charge in [0.1, 0.15) is 18.3 Å². The molecule has 1 atom stereocenters. The Morgan fingerprint density at radius 1 is 1.08 bits per heavy atom. The maximum atomic E-state index is 13.9. The number of rotatable bonds is 10. The molecule has 0 fully saturated rings. The molecule has 0 saturated heterocycles. The molecule has 38 heavy (non-hydrogen) atoms. The number of nitrogens with one attached hydrogen (secondary N) is 1. The van der Waals surface area contributed by atoms with E-state index in [1.807, 2.05) is 6.92 Å². The van der Waals surface area contributed by atoms with Gasteiger partial charge in [-0.3, -0.25) is 13.9 Å². The number of aryl methyl sites for hydroxylation is 1. The molecule has 0 bridgehead atoms. The molecule has 3 rings (SSSR count). The van der Waals surface area contributed by atoms with E-state index in [4.69, 9.17) is 16.3 Å². The van der Waals surface area contributed by atoms with Crippen LogP contribution in [-0.4, -0.2) is 51.9 Å². The minimum absolute atomic E-state index is 0.0284. The van der Waals surface area contributed by atoms with Crippen molar-refractivity contribution in [1.29, 1.82) is 0 Å². The number of carbonyl (C=O) groups excluding carboxylic acids is 2. The van der Waals surface area contributed by atoms with Gasteiger partial charge in [0.25, 0.3) is 10.0 Å². The van der Waals surface area contributed by atoms with Gasteiger partial charge in [-0.05, 0) is 77.8 Å². The first-order valence-corrected chi connectivity index (χ1v) is 14.3. The van der Waals surface area contributed by atoms with Gasteiger partial charge in [-0.2, -0.15) is 0 Å². The second-order valence-electron chi connectivity index (χ2n) is 8.59. The van der Waals surface area contributed by atoms with Gasteiger partial charge in [-0.15, -0.1) is 0 Å². The summed E-state index contributed by atoms with van der Waals surface area (Å²) in [7, 11) is -1.24. The molecule has 0 aliphatic rings. The molecule has 2 amide bonds. The highest BCUT2D eigenvalue weighted by molar-refractivity contribution is 9.10. The zero-order chi connectivity index (χ0) is 28.0. The average Bonchev–Trinajstić information content (AvgIpc) is 2.89. The lowest BCUT2D eigenvalue weighted by Gasteiger charge is -2.32. The van der Waals surface area contributed by atoms with Crippen molar-refractivity contribution in [2.24, 2.45) is 0 Å². The van der Waals surface area contributed by atoms with Crippen molar-refractivity contribution in [3.63, 3.8) is 0 Å². The highest BCUT2D eigenvalue weighted by Crippen LogP contribution is 2.31. The number of nitrogens with zero attached hydrogens (tertiary/aromatic N) is 2. The Labute approximate surface area is 236 Å². The van der Waals surface area contributed by atoms with E-state index < -0.39 is 28.5 Å². The van der Waals surface area contributed by atoms with E-state index >= 15 is 0 Å². The Kier molecular flexibility index (Phi) is 9.81. The van der Waals surface area contributed by atoms with Crippen LogP contribution >= 0.6 is 27.5 Å². The number of anilines is 1. The molecule has 0 saturated carbocycles. The van der Waals surface area contributed by atoms with E-state index in [1.165, 1.54) is 37.3 Å². The lowest BCUT2D eigenvalue weighted by atomic mass is 10.1. The van der Waals surface area contributed by atoms with Crippen LogP contribution in [0.15, 0.2) is 76.1 Å². The Morgan fingerprint density at radius 2 is 1.76 bits per heavy atom. The summed E-state index contributed by atoms with van der Waals surface area (Å²) in [5.74, 6) is -0.476. The summed E-state index contributed by atoms with van der Waals surface area (Å²) < 4.78 is 34.5. The van der Waals surface area contributed by atoms with Crippen LogP contribution in [-0.2, 0) is 26.2 Å². The second kappa shape index (κ2) is 12.6. The van der Waals surface area contributed by atoms with Gasteiger partial charge in [0.2, 0.25) is 11.8 Å². The predicted molar refractivity (Wildman–Crippen MR) is 152 cm³/mol. The molecule has 202 valence electrons. The minimum atomic E-state index is -4.20. The number of carbonyl (C=O) groups is 2. The van der Waals surface area contributed by atoms with E-state index in [0.717, 1.165) is 9.87 Å². The molecule has 0 radical (unpaired) electrons. The van der Waals surface area contributed by atoms with Crippen molar-refractivity contribution in [2.75, 3.05) is 25.0 Å². The number of hydrogen-bond acceptors (Lipinski definition) is 5. The zero-order valence-corrected chi connectivity index (χ0v) is 24.6. The van der Waals surface area contributed by atoms with Crippen molar-refractivity contribution < 1.29 is 22.7 Å². The van der Waals surface area contributed by atoms with Crippen LogP contribution in [0.1, 0.15) is 18.1 Å². The van der Waals surface area contributed by atoms with Crippen LogP contribution in [0.25, 0.3) is 0 Å².